The second-order valence-electron chi connectivity index (χ2n) is 7.45. The first kappa shape index (κ1) is 22.7. The molecule has 0 aliphatic carbocycles. The van der Waals surface area contributed by atoms with Crippen LogP contribution in [0.15, 0.2) is 54.6 Å². The van der Waals surface area contributed by atoms with Crippen LogP contribution in [0.3, 0.4) is 0 Å². The smallest absolute Gasteiger partial charge is 0.416 e. The van der Waals surface area contributed by atoms with E-state index in [1.165, 1.54) is 17.0 Å². The Morgan fingerprint density at radius 2 is 1.58 bits per heavy atom. The van der Waals surface area contributed by atoms with Crippen LogP contribution < -0.4 is 0 Å². The van der Waals surface area contributed by atoms with Crippen LogP contribution in [0.1, 0.15) is 42.9 Å². The first-order chi connectivity index (χ1) is 14.8. The van der Waals surface area contributed by atoms with Gasteiger partial charge in [-0.25, -0.2) is 9.59 Å². The number of carbonyl (C=O) groups is 2. The molecule has 1 saturated heterocycles. The van der Waals surface area contributed by atoms with Gasteiger partial charge in [0.1, 0.15) is 18.8 Å². The van der Waals surface area contributed by atoms with Crippen LogP contribution >= 0.6 is 0 Å². The number of hydrogen-bond donors (Lipinski definition) is 0. The quantitative estimate of drug-likeness (QED) is 0.576. The van der Waals surface area contributed by atoms with E-state index >= 15 is 0 Å². The van der Waals surface area contributed by atoms with Crippen LogP contribution in [0.25, 0.3) is 0 Å². The molecule has 5 nitrogen and oxygen atoms in total. The number of benzene rings is 2. The van der Waals surface area contributed by atoms with Crippen LogP contribution in [0, 0.1) is 0 Å². The largest absolute Gasteiger partial charge is 0.459 e. The van der Waals surface area contributed by atoms with Gasteiger partial charge in [0.2, 0.25) is 0 Å². The third-order valence-corrected chi connectivity index (χ3v) is 5.53. The number of halogens is 3. The topological polar surface area (TPSA) is 55.8 Å². The standard InChI is InChI=1S/C23H24F3NO4/c1-2-22(20(28)30-15-18-9-11-19(12-10-18)23(24,25)26)13-6-14-27(22)21(29)31-16-17-7-4-3-5-8-17/h3-5,7-12H,2,6,13-16H2,1H3. The van der Waals surface area contributed by atoms with Crippen molar-refractivity contribution in [1.82, 2.24) is 4.90 Å². The summed E-state index contributed by atoms with van der Waals surface area (Å²) in [5.41, 5.74) is -0.638. The minimum atomic E-state index is -4.42. The number of rotatable bonds is 6. The molecule has 8 heteroatoms. The normalized spacial score (nSPS) is 18.6. The van der Waals surface area contributed by atoms with Gasteiger partial charge in [-0.05, 0) is 42.5 Å². The molecule has 2 aromatic rings. The van der Waals surface area contributed by atoms with E-state index < -0.39 is 29.3 Å². The fraction of sp³-hybridized carbons (Fsp3) is 0.391. The Morgan fingerprint density at radius 1 is 0.968 bits per heavy atom. The van der Waals surface area contributed by atoms with Crippen LogP contribution in [0.4, 0.5) is 18.0 Å². The van der Waals surface area contributed by atoms with Crippen molar-refractivity contribution in [3.63, 3.8) is 0 Å². The molecule has 1 atom stereocenters. The summed E-state index contributed by atoms with van der Waals surface area (Å²) < 4.78 is 48.9. The van der Waals surface area contributed by atoms with Gasteiger partial charge in [0.15, 0.2) is 0 Å². The van der Waals surface area contributed by atoms with Crippen molar-refractivity contribution in [3.8, 4) is 0 Å². The van der Waals surface area contributed by atoms with Crippen molar-refractivity contribution in [3.05, 3.63) is 71.3 Å². The molecule has 2 aromatic carbocycles. The van der Waals surface area contributed by atoms with Crippen molar-refractivity contribution < 1.29 is 32.2 Å². The minimum absolute atomic E-state index is 0.0938. The Morgan fingerprint density at radius 3 is 2.19 bits per heavy atom. The van der Waals surface area contributed by atoms with E-state index in [-0.39, 0.29) is 13.2 Å². The van der Waals surface area contributed by atoms with Gasteiger partial charge in [0.05, 0.1) is 5.56 Å². The summed E-state index contributed by atoms with van der Waals surface area (Å²) in [7, 11) is 0. The van der Waals surface area contributed by atoms with Crippen LogP contribution in [0.2, 0.25) is 0 Å². The predicted octanol–water partition coefficient (Wildman–Crippen LogP) is 5.33. The van der Waals surface area contributed by atoms with Crippen LogP contribution in [-0.2, 0) is 33.7 Å². The lowest BCUT2D eigenvalue weighted by molar-refractivity contribution is -0.157. The molecule has 0 aromatic heterocycles. The second kappa shape index (κ2) is 9.41. The first-order valence-electron chi connectivity index (χ1n) is 10.1. The van der Waals surface area contributed by atoms with Crippen molar-refractivity contribution in [2.45, 2.75) is 51.1 Å². The van der Waals surface area contributed by atoms with E-state index in [9.17, 15) is 22.8 Å². The summed E-state index contributed by atoms with van der Waals surface area (Å²) in [6, 6.07) is 13.7. The lowest BCUT2D eigenvalue weighted by Crippen LogP contribution is -2.53. The number of nitrogens with zero attached hydrogens (tertiary/aromatic N) is 1. The van der Waals surface area contributed by atoms with E-state index in [4.69, 9.17) is 9.47 Å². The number of ether oxygens (including phenoxy) is 2. The van der Waals surface area contributed by atoms with Crippen molar-refractivity contribution in [2.24, 2.45) is 0 Å². The Hall–Kier alpha value is -3.03. The maximum Gasteiger partial charge on any atom is 0.416 e. The third kappa shape index (κ3) is 5.18. The fourth-order valence-corrected chi connectivity index (χ4v) is 3.74. The summed E-state index contributed by atoms with van der Waals surface area (Å²) in [6.07, 6.45) is -3.60. The molecule has 0 saturated carbocycles. The fourth-order valence-electron chi connectivity index (χ4n) is 3.74. The van der Waals surface area contributed by atoms with Crippen molar-refractivity contribution in [2.75, 3.05) is 6.54 Å². The minimum Gasteiger partial charge on any atom is -0.459 e. The maximum atomic E-state index is 12.9. The summed E-state index contributed by atoms with van der Waals surface area (Å²) >= 11 is 0. The summed E-state index contributed by atoms with van der Waals surface area (Å²) in [5.74, 6) is -0.580. The van der Waals surface area contributed by atoms with Gasteiger partial charge in [-0.2, -0.15) is 13.2 Å². The molecule has 1 amide bonds. The van der Waals surface area contributed by atoms with Crippen LogP contribution in [0.5, 0.6) is 0 Å². The molecule has 1 heterocycles. The second-order valence-corrected chi connectivity index (χ2v) is 7.45. The van der Waals surface area contributed by atoms with Crippen molar-refractivity contribution in [1.29, 1.82) is 0 Å². The Bertz CT molecular complexity index is 899. The highest BCUT2D eigenvalue weighted by atomic mass is 19.4. The van der Waals surface area contributed by atoms with Gasteiger partial charge in [-0.15, -0.1) is 0 Å². The number of esters is 1. The molecule has 0 bridgehead atoms. The number of carbonyl (C=O) groups excluding carboxylic acids is 2. The van der Waals surface area contributed by atoms with Gasteiger partial charge in [0.25, 0.3) is 0 Å². The number of alkyl halides is 3. The highest BCUT2D eigenvalue weighted by molar-refractivity contribution is 5.86. The van der Waals surface area contributed by atoms with Gasteiger partial charge in [0, 0.05) is 6.54 Å². The molecular formula is C23H24F3NO4. The Labute approximate surface area is 178 Å². The molecular weight excluding hydrogens is 411 g/mol. The molecule has 166 valence electrons. The zero-order valence-corrected chi connectivity index (χ0v) is 17.2. The number of amides is 1. The first-order valence-corrected chi connectivity index (χ1v) is 10.1. The van der Waals surface area contributed by atoms with E-state index in [2.05, 4.69) is 0 Å². The lowest BCUT2D eigenvalue weighted by Gasteiger charge is -2.34. The molecule has 1 unspecified atom stereocenters. The molecule has 0 N–H and O–H groups in total. The predicted molar refractivity (Wildman–Crippen MR) is 107 cm³/mol. The average Bonchev–Trinajstić information content (AvgIpc) is 3.22. The zero-order chi connectivity index (χ0) is 22.5. The Balaban J connectivity index is 1.63. The highest BCUT2D eigenvalue weighted by Crippen LogP contribution is 2.35. The molecule has 0 spiro atoms. The van der Waals surface area contributed by atoms with Gasteiger partial charge in [-0.1, -0.05) is 49.4 Å². The van der Waals surface area contributed by atoms with E-state index in [0.717, 1.165) is 17.7 Å². The molecule has 1 aliphatic heterocycles. The van der Waals surface area contributed by atoms with Gasteiger partial charge in [-0.3, -0.25) is 4.90 Å². The third-order valence-electron chi connectivity index (χ3n) is 5.53. The van der Waals surface area contributed by atoms with Crippen molar-refractivity contribution >= 4 is 12.1 Å². The van der Waals surface area contributed by atoms with E-state index in [1.807, 2.05) is 30.3 Å². The van der Waals surface area contributed by atoms with E-state index in [0.29, 0.717) is 31.4 Å². The summed E-state index contributed by atoms with van der Waals surface area (Å²) in [4.78, 5) is 27.0. The molecule has 31 heavy (non-hydrogen) atoms. The average molecular weight is 435 g/mol. The highest BCUT2D eigenvalue weighted by Gasteiger charge is 2.50. The molecule has 1 aliphatic rings. The van der Waals surface area contributed by atoms with Gasteiger partial charge >= 0.3 is 18.2 Å². The maximum absolute atomic E-state index is 12.9. The van der Waals surface area contributed by atoms with Crippen LogP contribution in [-0.4, -0.2) is 29.0 Å². The molecule has 1 fully saturated rings. The lowest BCUT2D eigenvalue weighted by atomic mass is 9.93. The number of likely N-dealkylation sites (tertiary alicyclic amines) is 1. The SMILES string of the molecule is CCC1(C(=O)OCc2ccc(C(F)(F)F)cc2)CCCN1C(=O)OCc1ccccc1. The van der Waals surface area contributed by atoms with Gasteiger partial charge < -0.3 is 9.47 Å². The summed E-state index contributed by atoms with van der Waals surface area (Å²) in [6.45, 7) is 2.08. The zero-order valence-electron chi connectivity index (χ0n) is 17.2. The summed E-state index contributed by atoms with van der Waals surface area (Å²) in [5, 5.41) is 0. The van der Waals surface area contributed by atoms with E-state index in [1.54, 1.807) is 6.92 Å². The molecule has 3 rings (SSSR count). The number of hydrogen-bond acceptors (Lipinski definition) is 4. The Kier molecular flexibility index (Phi) is 6.87. The monoisotopic (exact) mass is 435 g/mol. The molecule has 0 radical (unpaired) electrons.